The van der Waals surface area contributed by atoms with Gasteiger partial charge in [0.05, 0.1) is 11.3 Å². The van der Waals surface area contributed by atoms with Gasteiger partial charge in [-0.05, 0) is 30.7 Å². The molecule has 0 atom stereocenters. The Hall–Kier alpha value is -1.17. The van der Waals surface area contributed by atoms with E-state index in [1.807, 2.05) is 6.26 Å². The minimum Gasteiger partial charge on any atom is -0.335 e. The summed E-state index contributed by atoms with van der Waals surface area (Å²) in [7, 11) is 0. The van der Waals surface area contributed by atoms with Gasteiger partial charge in [-0.1, -0.05) is 18.2 Å². The first-order valence-electron chi connectivity index (χ1n) is 6.37. The van der Waals surface area contributed by atoms with Crippen molar-refractivity contribution in [2.75, 3.05) is 12.0 Å². The van der Waals surface area contributed by atoms with E-state index in [9.17, 15) is 18.0 Å². The quantitative estimate of drug-likeness (QED) is 0.829. The van der Waals surface area contributed by atoms with E-state index in [2.05, 4.69) is 0 Å². The fraction of sp³-hybridized carbons (Fsp3) is 0.500. The number of benzene rings is 1. The molecule has 0 unspecified atom stereocenters. The summed E-state index contributed by atoms with van der Waals surface area (Å²) in [5.74, 6) is 0.224. The Morgan fingerprint density at radius 3 is 2.55 bits per heavy atom. The van der Waals surface area contributed by atoms with Crippen molar-refractivity contribution in [3.63, 3.8) is 0 Å². The standard InChI is InChI=1S/C14H16F3NOS/c1-20-9-13(19)18(11-6-7-11)8-10-4-2-3-5-12(10)14(15,16)17/h2-5,11H,6-9H2,1H3. The molecule has 0 aromatic heterocycles. The predicted octanol–water partition coefficient (Wildman–Crippen LogP) is 3.56. The summed E-state index contributed by atoms with van der Waals surface area (Å²) in [4.78, 5) is 13.6. The molecule has 0 aliphatic heterocycles. The molecule has 1 fully saturated rings. The fourth-order valence-corrected chi connectivity index (χ4v) is 2.54. The van der Waals surface area contributed by atoms with Gasteiger partial charge in [0.15, 0.2) is 0 Å². The summed E-state index contributed by atoms with van der Waals surface area (Å²) in [6, 6.07) is 5.58. The average molecular weight is 303 g/mol. The molecule has 2 nitrogen and oxygen atoms in total. The number of thioether (sulfide) groups is 1. The minimum absolute atomic E-state index is 0.0414. The molecule has 1 aromatic rings. The van der Waals surface area contributed by atoms with Crippen LogP contribution in [0, 0.1) is 0 Å². The monoisotopic (exact) mass is 303 g/mol. The predicted molar refractivity (Wildman–Crippen MR) is 73.4 cm³/mol. The number of hydrogen-bond acceptors (Lipinski definition) is 2. The lowest BCUT2D eigenvalue weighted by Gasteiger charge is -2.24. The van der Waals surface area contributed by atoms with Crippen molar-refractivity contribution < 1.29 is 18.0 Å². The molecular formula is C14H16F3NOS. The molecule has 1 amide bonds. The van der Waals surface area contributed by atoms with E-state index >= 15 is 0 Å². The lowest BCUT2D eigenvalue weighted by Crippen LogP contribution is -2.34. The van der Waals surface area contributed by atoms with Crippen LogP contribution < -0.4 is 0 Å². The van der Waals surface area contributed by atoms with Crippen LogP contribution in [0.4, 0.5) is 13.2 Å². The van der Waals surface area contributed by atoms with Gasteiger partial charge in [0.1, 0.15) is 0 Å². The maximum absolute atomic E-state index is 13.0. The highest BCUT2D eigenvalue weighted by molar-refractivity contribution is 7.99. The van der Waals surface area contributed by atoms with Gasteiger partial charge in [0, 0.05) is 12.6 Å². The van der Waals surface area contributed by atoms with Gasteiger partial charge >= 0.3 is 6.18 Å². The number of amides is 1. The van der Waals surface area contributed by atoms with Crippen LogP contribution in [0.15, 0.2) is 24.3 Å². The topological polar surface area (TPSA) is 20.3 Å². The second-order valence-electron chi connectivity index (χ2n) is 4.84. The summed E-state index contributed by atoms with van der Waals surface area (Å²) in [6.07, 6.45) is -0.802. The first-order chi connectivity index (χ1) is 9.43. The largest absolute Gasteiger partial charge is 0.416 e. The highest BCUT2D eigenvalue weighted by Crippen LogP contribution is 2.34. The lowest BCUT2D eigenvalue weighted by atomic mass is 10.1. The summed E-state index contributed by atoms with van der Waals surface area (Å²) in [5.41, 5.74) is -0.482. The molecule has 1 aliphatic rings. The third-order valence-electron chi connectivity index (χ3n) is 3.24. The molecule has 6 heteroatoms. The molecule has 1 aromatic carbocycles. The number of alkyl halides is 3. The van der Waals surface area contributed by atoms with E-state index in [1.54, 1.807) is 11.0 Å². The maximum Gasteiger partial charge on any atom is 0.416 e. The Morgan fingerprint density at radius 2 is 2.00 bits per heavy atom. The molecule has 1 saturated carbocycles. The Kier molecular flexibility index (Phi) is 4.62. The molecule has 0 spiro atoms. The van der Waals surface area contributed by atoms with E-state index in [0.717, 1.165) is 18.9 Å². The summed E-state index contributed by atoms with van der Waals surface area (Å²) < 4.78 is 38.9. The van der Waals surface area contributed by atoms with Gasteiger partial charge in [-0.15, -0.1) is 0 Å². The normalized spacial score (nSPS) is 15.2. The van der Waals surface area contributed by atoms with Gasteiger partial charge in [0.25, 0.3) is 0 Å². The summed E-state index contributed by atoms with van der Waals surface area (Å²) in [5, 5.41) is 0. The Morgan fingerprint density at radius 1 is 1.35 bits per heavy atom. The molecule has 0 radical (unpaired) electrons. The second-order valence-corrected chi connectivity index (χ2v) is 5.71. The van der Waals surface area contributed by atoms with Crippen molar-refractivity contribution >= 4 is 17.7 Å². The van der Waals surface area contributed by atoms with E-state index in [4.69, 9.17) is 0 Å². The van der Waals surface area contributed by atoms with Crippen LogP contribution in [0.3, 0.4) is 0 Å². The number of rotatable bonds is 5. The molecule has 0 bridgehead atoms. The van der Waals surface area contributed by atoms with Crippen molar-refractivity contribution in [1.82, 2.24) is 4.90 Å². The van der Waals surface area contributed by atoms with Crippen molar-refractivity contribution in [2.24, 2.45) is 0 Å². The van der Waals surface area contributed by atoms with Gasteiger partial charge in [0.2, 0.25) is 5.91 Å². The number of hydrogen-bond donors (Lipinski definition) is 0. The summed E-state index contributed by atoms with van der Waals surface area (Å²) in [6.45, 7) is 0.0414. The highest BCUT2D eigenvalue weighted by Gasteiger charge is 2.36. The molecule has 0 N–H and O–H groups in total. The second kappa shape index (κ2) is 6.08. The van der Waals surface area contributed by atoms with Gasteiger partial charge in [-0.25, -0.2) is 0 Å². The zero-order valence-corrected chi connectivity index (χ0v) is 11.9. The average Bonchev–Trinajstić information content (AvgIpc) is 3.19. The third-order valence-corrected chi connectivity index (χ3v) is 3.77. The first kappa shape index (κ1) is 15.2. The minimum atomic E-state index is -4.38. The van der Waals surface area contributed by atoms with Gasteiger partial charge < -0.3 is 4.90 Å². The van der Waals surface area contributed by atoms with Gasteiger partial charge in [-0.3, -0.25) is 4.79 Å². The molecule has 20 heavy (non-hydrogen) atoms. The lowest BCUT2D eigenvalue weighted by molar-refractivity contribution is -0.139. The van der Waals surface area contributed by atoms with Crippen molar-refractivity contribution in [2.45, 2.75) is 31.6 Å². The Balaban J connectivity index is 2.21. The smallest absolute Gasteiger partial charge is 0.335 e. The molecule has 110 valence electrons. The van der Waals surface area contributed by atoms with E-state index in [0.29, 0.717) is 5.75 Å². The highest BCUT2D eigenvalue weighted by atomic mass is 32.2. The fourth-order valence-electron chi connectivity index (χ4n) is 2.13. The van der Waals surface area contributed by atoms with Crippen LogP contribution in [-0.2, 0) is 17.5 Å². The van der Waals surface area contributed by atoms with E-state index in [-0.39, 0.29) is 24.1 Å². The molecule has 0 heterocycles. The molecular weight excluding hydrogens is 287 g/mol. The van der Waals surface area contributed by atoms with Crippen molar-refractivity contribution in [1.29, 1.82) is 0 Å². The van der Waals surface area contributed by atoms with E-state index < -0.39 is 11.7 Å². The number of carbonyl (C=O) groups excluding carboxylic acids is 1. The zero-order valence-electron chi connectivity index (χ0n) is 11.1. The van der Waals surface area contributed by atoms with Gasteiger partial charge in [-0.2, -0.15) is 24.9 Å². The van der Waals surface area contributed by atoms with Crippen LogP contribution in [0.2, 0.25) is 0 Å². The van der Waals surface area contributed by atoms with Crippen LogP contribution in [0.5, 0.6) is 0 Å². The third kappa shape index (κ3) is 3.69. The van der Waals surface area contributed by atoms with Crippen molar-refractivity contribution in [3.05, 3.63) is 35.4 Å². The number of halogens is 3. The SMILES string of the molecule is CSCC(=O)N(Cc1ccccc1C(F)(F)F)C1CC1. The van der Waals surface area contributed by atoms with Crippen LogP contribution in [0.25, 0.3) is 0 Å². The molecule has 2 rings (SSSR count). The van der Waals surface area contributed by atoms with Crippen molar-refractivity contribution in [3.8, 4) is 0 Å². The zero-order chi connectivity index (χ0) is 14.8. The summed E-state index contributed by atoms with van der Waals surface area (Å²) >= 11 is 1.39. The Bertz CT molecular complexity index is 486. The molecule has 0 saturated heterocycles. The number of nitrogens with zero attached hydrogens (tertiary/aromatic N) is 1. The Labute approximate surface area is 120 Å². The van der Waals surface area contributed by atoms with Crippen LogP contribution in [-0.4, -0.2) is 28.9 Å². The van der Waals surface area contributed by atoms with Crippen LogP contribution in [0.1, 0.15) is 24.0 Å². The maximum atomic E-state index is 13.0. The first-order valence-corrected chi connectivity index (χ1v) is 7.76. The van der Waals surface area contributed by atoms with Crippen LogP contribution >= 0.6 is 11.8 Å². The van der Waals surface area contributed by atoms with E-state index in [1.165, 1.54) is 23.9 Å². The molecule has 1 aliphatic carbocycles. The number of carbonyl (C=O) groups is 1.